The van der Waals surface area contributed by atoms with Gasteiger partial charge < -0.3 is 10.3 Å². The van der Waals surface area contributed by atoms with E-state index in [1.165, 1.54) is 38.5 Å². The Kier molecular flexibility index (Phi) is 4.29. The van der Waals surface area contributed by atoms with Crippen LogP contribution in [0.2, 0.25) is 0 Å². The number of fused-ring (bicyclic) bond motifs is 1. The maximum atomic E-state index is 12.6. The molecule has 4 bridgehead atoms. The lowest BCUT2D eigenvalue weighted by Gasteiger charge is -2.59. The topological polar surface area (TPSA) is 74.8 Å². The van der Waals surface area contributed by atoms with Crippen molar-refractivity contribution in [2.75, 3.05) is 0 Å². The Morgan fingerprint density at radius 2 is 1.82 bits per heavy atom. The molecule has 4 aliphatic rings. The number of rotatable bonds is 5. The minimum atomic E-state index is -0.136. The molecule has 5 nitrogen and oxygen atoms in total. The van der Waals surface area contributed by atoms with Crippen LogP contribution in [-0.2, 0) is 11.2 Å². The molecule has 1 amide bonds. The van der Waals surface area contributed by atoms with E-state index in [4.69, 9.17) is 0 Å². The second-order valence-electron chi connectivity index (χ2n) is 9.60. The second-order valence-corrected chi connectivity index (χ2v) is 9.60. The molecule has 2 aromatic rings. The standard InChI is InChI=1S/C23H29N3O2/c1-14(23-11-15-8-16(12-23)10-17(9-15)13-23)24-21(27)7-6-20-25-19-5-3-2-4-18(19)22(28)26-20/h2-5,14-17H,6-13H2,1H3,(H,24,27)(H,25,26,28)/t14-,15?,16?,17?,23?/m1/s1. The fourth-order valence-corrected chi connectivity index (χ4v) is 6.66. The third-order valence-corrected chi connectivity index (χ3v) is 7.63. The summed E-state index contributed by atoms with van der Waals surface area (Å²) in [6.45, 7) is 2.21. The molecular weight excluding hydrogens is 350 g/mol. The number of H-pyrrole nitrogens is 1. The molecule has 4 saturated carbocycles. The molecule has 0 aliphatic heterocycles. The Morgan fingerprint density at radius 1 is 1.18 bits per heavy atom. The van der Waals surface area contributed by atoms with Gasteiger partial charge in [0.15, 0.2) is 0 Å². The van der Waals surface area contributed by atoms with Gasteiger partial charge in [-0.1, -0.05) is 12.1 Å². The molecule has 0 unspecified atom stereocenters. The van der Waals surface area contributed by atoms with Crippen LogP contribution in [0.15, 0.2) is 29.1 Å². The van der Waals surface area contributed by atoms with E-state index in [1.54, 1.807) is 6.07 Å². The van der Waals surface area contributed by atoms with Gasteiger partial charge in [-0.15, -0.1) is 0 Å². The van der Waals surface area contributed by atoms with Gasteiger partial charge in [-0.3, -0.25) is 9.59 Å². The zero-order valence-corrected chi connectivity index (χ0v) is 16.5. The SMILES string of the molecule is C[C@@H](NC(=O)CCc1nc2ccccc2c(=O)[nH]1)C12CC3CC(CC(C3)C1)C2. The smallest absolute Gasteiger partial charge is 0.258 e. The Hall–Kier alpha value is -2.17. The normalized spacial score (nSPS) is 31.8. The third kappa shape index (κ3) is 3.15. The van der Waals surface area contributed by atoms with Gasteiger partial charge in [-0.25, -0.2) is 4.98 Å². The van der Waals surface area contributed by atoms with Gasteiger partial charge in [-0.2, -0.15) is 0 Å². The molecule has 1 aromatic carbocycles. The summed E-state index contributed by atoms with van der Waals surface area (Å²) in [6.07, 6.45) is 8.94. The number of carbonyl (C=O) groups excluding carboxylic acids is 1. The van der Waals surface area contributed by atoms with Crippen molar-refractivity contribution in [1.82, 2.24) is 15.3 Å². The monoisotopic (exact) mass is 379 g/mol. The summed E-state index contributed by atoms with van der Waals surface area (Å²) in [5, 5.41) is 3.89. The van der Waals surface area contributed by atoms with E-state index in [2.05, 4.69) is 22.2 Å². The van der Waals surface area contributed by atoms with Crippen molar-refractivity contribution in [2.45, 2.75) is 64.3 Å². The van der Waals surface area contributed by atoms with Crippen LogP contribution in [0, 0.1) is 23.2 Å². The predicted molar refractivity (Wildman–Crippen MR) is 109 cm³/mol. The van der Waals surface area contributed by atoms with Crippen molar-refractivity contribution in [1.29, 1.82) is 0 Å². The van der Waals surface area contributed by atoms with Crippen LogP contribution in [0.5, 0.6) is 0 Å². The maximum Gasteiger partial charge on any atom is 0.258 e. The van der Waals surface area contributed by atoms with E-state index in [-0.39, 0.29) is 17.5 Å². The van der Waals surface area contributed by atoms with Crippen molar-refractivity contribution in [2.24, 2.45) is 23.2 Å². The van der Waals surface area contributed by atoms with E-state index in [1.807, 2.05) is 18.2 Å². The fourth-order valence-electron chi connectivity index (χ4n) is 6.66. The average Bonchev–Trinajstić information content (AvgIpc) is 2.65. The van der Waals surface area contributed by atoms with Crippen LogP contribution in [0.25, 0.3) is 10.9 Å². The zero-order chi connectivity index (χ0) is 19.3. The van der Waals surface area contributed by atoms with E-state index >= 15 is 0 Å². The highest BCUT2D eigenvalue weighted by atomic mass is 16.1. The largest absolute Gasteiger partial charge is 0.353 e. The van der Waals surface area contributed by atoms with Crippen LogP contribution >= 0.6 is 0 Å². The molecule has 4 fully saturated rings. The number of benzene rings is 1. The Morgan fingerprint density at radius 3 is 2.50 bits per heavy atom. The summed E-state index contributed by atoms with van der Waals surface area (Å²) in [4.78, 5) is 32.1. The lowest BCUT2D eigenvalue weighted by atomic mass is 9.48. The molecule has 4 aliphatic carbocycles. The van der Waals surface area contributed by atoms with Crippen LogP contribution in [0.1, 0.15) is 57.7 Å². The van der Waals surface area contributed by atoms with E-state index in [0.29, 0.717) is 35.0 Å². The predicted octanol–water partition coefficient (Wildman–Crippen LogP) is 3.58. The number of aromatic amines is 1. The highest BCUT2D eigenvalue weighted by Gasteiger charge is 2.53. The number of aryl methyl sites for hydroxylation is 1. The number of hydrogen-bond donors (Lipinski definition) is 2. The summed E-state index contributed by atoms with van der Waals surface area (Å²) in [5.41, 5.74) is 0.867. The molecule has 1 aromatic heterocycles. The molecule has 5 heteroatoms. The summed E-state index contributed by atoms with van der Waals surface area (Å²) in [5.74, 6) is 3.31. The number of amides is 1. The van der Waals surface area contributed by atoms with Gasteiger partial charge in [-0.05, 0) is 80.8 Å². The first kappa shape index (κ1) is 17.9. The van der Waals surface area contributed by atoms with Gasteiger partial charge in [0.25, 0.3) is 5.56 Å². The Labute approximate surface area is 165 Å². The highest BCUT2D eigenvalue weighted by molar-refractivity contribution is 5.78. The molecule has 6 rings (SSSR count). The second kappa shape index (κ2) is 6.71. The maximum absolute atomic E-state index is 12.6. The first-order valence-corrected chi connectivity index (χ1v) is 10.8. The number of aromatic nitrogens is 2. The van der Waals surface area contributed by atoms with Crippen molar-refractivity contribution in [3.8, 4) is 0 Å². The zero-order valence-electron chi connectivity index (χ0n) is 16.5. The highest BCUT2D eigenvalue weighted by Crippen LogP contribution is 2.61. The molecule has 1 atom stereocenters. The lowest BCUT2D eigenvalue weighted by Crippen LogP contribution is -2.55. The van der Waals surface area contributed by atoms with E-state index < -0.39 is 0 Å². The Bertz CT molecular complexity index is 928. The minimum absolute atomic E-state index is 0.0686. The van der Waals surface area contributed by atoms with Gasteiger partial charge in [0, 0.05) is 18.9 Å². The summed E-state index contributed by atoms with van der Waals surface area (Å²) >= 11 is 0. The van der Waals surface area contributed by atoms with Crippen LogP contribution in [0.4, 0.5) is 0 Å². The first-order valence-electron chi connectivity index (χ1n) is 10.8. The molecule has 0 spiro atoms. The Balaban J connectivity index is 1.23. The van der Waals surface area contributed by atoms with E-state index in [9.17, 15) is 9.59 Å². The first-order chi connectivity index (χ1) is 13.5. The van der Waals surface area contributed by atoms with Crippen LogP contribution in [-0.4, -0.2) is 21.9 Å². The fraction of sp³-hybridized carbons (Fsp3) is 0.609. The average molecular weight is 380 g/mol. The van der Waals surface area contributed by atoms with Gasteiger partial charge in [0.2, 0.25) is 5.91 Å². The molecule has 2 N–H and O–H groups in total. The molecule has 1 heterocycles. The summed E-state index contributed by atoms with van der Waals surface area (Å²) in [6, 6.07) is 7.54. The van der Waals surface area contributed by atoms with Gasteiger partial charge >= 0.3 is 0 Å². The molecule has 0 radical (unpaired) electrons. The van der Waals surface area contributed by atoms with Crippen molar-refractivity contribution < 1.29 is 4.79 Å². The summed E-state index contributed by atoms with van der Waals surface area (Å²) in [7, 11) is 0. The molecule has 148 valence electrons. The van der Waals surface area contributed by atoms with Crippen LogP contribution in [0.3, 0.4) is 0 Å². The van der Waals surface area contributed by atoms with Crippen molar-refractivity contribution >= 4 is 16.8 Å². The molecule has 0 saturated heterocycles. The quantitative estimate of drug-likeness (QED) is 0.834. The third-order valence-electron chi connectivity index (χ3n) is 7.63. The number of nitrogens with one attached hydrogen (secondary N) is 2. The number of hydrogen-bond acceptors (Lipinski definition) is 3. The van der Waals surface area contributed by atoms with Gasteiger partial charge in [0.1, 0.15) is 5.82 Å². The number of nitrogens with zero attached hydrogens (tertiary/aromatic N) is 1. The van der Waals surface area contributed by atoms with Crippen molar-refractivity contribution in [3.63, 3.8) is 0 Å². The summed E-state index contributed by atoms with van der Waals surface area (Å²) < 4.78 is 0. The van der Waals surface area contributed by atoms with Gasteiger partial charge in [0.05, 0.1) is 10.9 Å². The van der Waals surface area contributed by atoms with E-state index in [0.717, 1.165) is 17.8 Å². The molecule has 28 heavy (non-hydrogen) atoms. The lowest BCUT2D eigenvalue weighted by molar-refractivity contribution is -0.125. The minimum Gasteiger partial charge on any atom is -0.353 e. The molecular formula is C23H29N3O2. The van der Waals surface area contributed by atoms with Crippen LogP contribution < -0.4 is 10.9 Å². The van der Waals surface area contributed by atoms with Crippen molar-refractivity contribution in [3.05, 3.63) is 40.4 Å². The number of para-hydroxylation sites is 1. The number of carbonyl (C=O) groups is 1.